The fraction of sp³-hybridized carbons (Fsp3) is 0.875. The monoisotopic (exact) mass is 211 g/mol. The summed E-state index contributed by atoms with van der Waals surface area (Å²) in [6.07, 6.45) is 0.0633. The molecule has 0 rings (SSSR count). The minimum atomic E-state index is -0.514. The van der Waals surface area contributed by atoms with Crippen LogP contribution in [0.4, 0.5) is 0 Å². The van der Waals surface area contributed by atoms with E-state index in [1.807, 2.05) is 0 Å². The molecule has 0 bridgehead atoms. The predicted molar refractivity (Wildman–Crippen MR) is 52.8 cm³/mol. The van der Waals surface area contributed by atoms with Crippen LogP contribution in [-0.4, -0.2) is 29.3 Å². The number of aliphatic hydroxyl groups is 1. The van der Waals surface area contributed by atoms with Gasteiger partial charge in [0.1, 0.15) is 5.60 Å². The lowest BCUT2D eigenvalue weighted by atomic mass is 10.2. The molecule has 0 heterocycles. The molecule has 4 nitrogen and oxygen atoms in total. The van der Waals surface area contributed by atoms with Crippen LogP contribution in [0.25, 0.3) is 0 Å². The number of carbonyl (C=O) groups excluding carboxylic acids is 1. The Hall–Kier alpha value is -0.320. The molecule has 0 saturated heterocycles. The van der Waals surface area contributed by atoms with Crippen molar-refractivity contribution in [1.29, 1.82) is 0 Å². The molecule has 0 aromatic heterocycles. The van der Waals surface area contributed by atoms with E-state index in [9.17, 15) is 4.79 Å². The minimum absolute atomic E-state index is 0. The molecule has 0 amide bonds. The van der Waals surface area contributed by atoms with Gasteiger partial charge in [0.25, 0.3) is 0 Å². The molecule has 0 aromatic carbocycles. The summed E-state index contributed by atoms with van der Waals surface area (Å²) in [6.45, 7) is 5.17. The van der Waals surface area contributed by atoms with Gasteiger partial charge in [-0.15, -0.1) is 12.4 Å². The quantitative estimate of drug-likeness (QED) is 0.666. The molecule has 5 heteroatoms. The van der Waals surface area contributed by atoms with Crippen molar-refractivity contribution < 1.29 is 14.6 Å². The number of aliphatic hydroxyl groups excluding tert-OH is 1. The number of hydrogen-bond donors (Lipinski definition) is 2. The van der Waals surface area contributed by atoms with Gasteiger partial charge in [0.05, 0.1) is 13.0 Å². The van der Waals surface area contributed by atoms with Crippen LogP contribution < -0.4 is 5.73 Å². The van der Waals surface area contributed by atoms with Crippen LogP contribution in [-0.2, 0) is 9.53 Å². The highest BCUT2D eigenvalue weighted by atomic mass is 35.5. The lowest BCUT2D eigenvalue weighted by Gasteiger charge is -2.20. The van der Waals surface area contributed by atoms with Crippen LogP contribution in [0.3, 0.4) is 0 Å². The second-order valence-electron chi connectivity index (χ2n) is 3.73. The first kappa shape index (κ1) is 15.2. The van der Waals surface area contributed by atoms with Crippen molar-refractivity contribution in [2.24, 2.45) is 5.73 Å². The van der Waals surface area contributed by atoms with E-state index < -0.39 is 11.6 Å². The molecular weight excluding hydrogens is 194 g/mol. The third-order valence-corrected chi connectivity index (χ3v) is 1.08. The Bertz CT molecular complexity index is 156. The van der Waals surface area contributed by atoms with Crippen molar-refractivity contribution in [1.82, 2.24) is 0 Å². The maximum atomic E-state index is 11.0. The second kappa shape index (κ2) is 6.18. The molecule has 3 N–H and O–H groups in total. The molecule has 1 atom stereocenters. The van der Waals surface area contributed by atoms with Gasteiger partial charge in [-0.2, -0.15) is 0 Å². The third-order valence-electron chi connectivity index (χ3n) is 1.08. The molecular formula is C8H18ClNO3. The van der Waals surface area contributed by atoms with Crippen molar-refractivity contribution >= 4 is 18.4 Å². The Kier molecular flexibility index (Phi) is 7.21. The fourth-order valence-electron chi connectivity index (χ4n) is 0.662. The second-order valence-corrected chi connectivity index (χ2v) is 3.73. The number of ether oxygens (including phenoxy) is 1. The van der Waals surface area contributed by atoms with Gasteiger partial charge in [-0.3, -0.25) is 4.79 Å². The summed E-state index contributed by atoms with van der Waals surface area (Å²) in [5.74, 6) is -0.371. The molecule has 13 heavy (non-hydrogen) atoms. The zero-order valence-corrected chi connectivity index (χ0v) is 9.06. The zero-order valence-electron chi connectivity index (χ0n) is 8.24. The average molecular weight is 212 g/mol. The topological polar surface area (TPSA) is 72.5 Å². The normalized spacial score (nSPS) is 13.0. The predicted octanol–water partition coefficient (Wildman–Crippen LogP) is 0.460. The molecule has 0 fully saturated rings. The summed E-state index contributed by atoms with van der Waals surface area (Å²) in [6, 6.07) is -0.514. The third kappa shape index (κ3) is 9.60. The number of carbonyl (C=O) groups is 1. The summed E-state index contributed by atoms with van der Waals surface area (Å²) in [5, 5.41) is 8.55. The van der Waals surface area contributed by atoms with Crippen LogP contribution in [0.15, 0.2) is 0 Å². The van der Waals surface area contributed by atoms with E-state index in [1.165, 1.54) is 0 Å². The SMILES string of the molecule is CC(C)(C)OC(=O)CC(N)CO.Cl. The van der Waals surface area contributed by atoms with E-state index in [4.69, 9.17) is 15.6 Å². The fourth-order valence-corrected chi connectivity index (χ4v) is 0.662. The van der Waals surface area contributed by atoms with E-state index in [2.05, 4.69) is 0 Å². The van der Waals surface area contributed by atoms with Crippen molar-refractivity contribution in [2.75, 3.05) is 6.61 Å². The highest BCUT2D eigenvalue weighted by Gasteiger charge is 2.17. The minimum Gasteiger partial charge on any atom is -0.460 e. The van der Waals surface area contributed by atoms with Gasteiger partial charge in [0.15, 0.2) is 0 Å². The zero-order chi connectivity index (χ0) is 9.78. The van der Waals surface area contributed by atoms with E-state index in [0.717, 1.165) is 0 Å². The van der Waals surface area contributed by atoms with Gasteiger partial charge in [-0.1, -0.05) is 0 Å². The summed E-state index contributed by atoms with van der Waals surface area (Å²) in [5.41, 5.74) is 4.86. The van der Waals surface area contributed by atoms with Gasteiger partial charge in [-0.25, -0.2) is 0 Å². The Balaban J connectivity index is 0. The maximum absolute atomic E-state index is 11.0. The molecule has 0 aliphatic carbocycles. The average Bonchev–Trinajstić information content (AvgIpc) is 1.82. The lowest BCUT2D eigenvalue weighted by molar-refractivity contribution is -0.155. The number of halogens is 1. The molecule has 0 saturated carbocycles. The molecule has 0 aliphatic rings. The van der Waals surface area contributed by atoms with Crippen LogP contribution in [0.5, 0.6) is 0 Å². The number of rotatable bonds is 3. The highest BCUT2D eigenvalue weighted by Crippen LogP contribution is 2.08. The molecule has 0 aromatic rings. The van der Waals surface area contributed by atoms with Gasteiger partial charge in [0.2, 0.25) is 0 Å². The van der Waals surface area contributed by atoms with E-state index in [-0.39, 0.29) is 31.4 Å². The van der Waals surface area contributed by atoms with Crippen molar-refractivity contribution in [3.8, 4) is 0 Å². The molecule has 0 aliphatic heterocycles. The standard InChI is InChI=1S/C8H17NO3.ClH/c1-8(2,3)12-7(11)4-6(9)5-10;/h6,10H,4-5,9H2,1-3H3;1H. The van der Waals surface area contributed by atoms with Gasteiger partial charge >= 0.3 is 5.97 Å². The summed E-state index contributed by atoms with van der Waals surface area (Å²) in [4.78, 5) is 11.0. The van der Waals surface area contributed by atoms with E-state index in [1.54, 1.807) is 20.8 Å². The van der Waals surface area contributed by atoms with Crippen LogP contribution >= 0.6 is 12.4 Å². The Labute approximate surface area is 84.9 Å². The van der Waals surface area contributed by atoms with Crippen LogP contribution in [0.2, 0.25) is 0 Å². The Morgan fingerprint density at radius 2 is 2.00 bits per heavy atom. The molecule has 0 radical (unpaired) electrons. The number of nitrogens with two attached hydrogens (primary N) is 1. The summed E-state index contributed by atoms with van der Waals surface area (Å²) in [7, 11) is 0. The first-order valence-corrected chi connectivity index (χ1v) is 3.93. The lowest BCUT2D eigenvalue weighted by Crippen LogP contribution is -2.32. The van der Waals surface area contributed by atoms with Gasteiger partial charge < -0.3 is 15.6 Å². The first-order valence-electron chi connectivity index (χ1n) is 3.93. The largest absolute Gasteiger partial charge is 0.460 e. The van der Waals surface area contributed by atoms with Crippen LogP contribution in [0.1, 0.15) is 27.2 Å². The molecule has 80 valence electrons. The Morgan fingerprint density at radius 3 is 2.31 bits per heavy atom. The van der Waals surface area contributed by atoms with E-state index >= 15 is 0 Å². The number of hydrogen-bond acceptors (Lipinski definition) is 4. The maximum Gasteiger partial charge on any atom is 0.307 e. The van der Waals surface area contributed by atoms with Crippen molar-refractivity contribution in [3.63, 3.8) is 0 Å². The highest BCUT2D eigenvalue weighted by molar-refractivity contribution is 5.85. The van der Waals surface area contributed by atoms with Gasteiger partial charge in [0, 0.05) is 6.04 Å². The van der Waals surface area contributed by atoms with Crippen molar-refractivity contribution in [2.45, 2.75) is 38.8 Å². The summed E-state index contributed by atoms with van der Waals surface area (Å²) >= 11 is 0. The summed E-state index contributed by atoms with van der Waals surface area (Å²) < 4.78 is 4.98. The van der Waals surface area contributed by atoms with Crippen molar-refractivity contribution in [3.05, 3.63) is 0 Å². The smallest absolute Gasteiger partial charge is 0.307 e. The van der Waals surface area contributed by atoms with Crippen LogP contribution in [0, 0.1) is 0 Å². The Morgan fingerprint density at radius 1 is 1.54 bits per heavy atom. The first-order chi connectivity index (χ1) is 5.35. The number of esters is 1. The van der Waals surface area contributed by atoms with E-state index in [0.29, 0.717) is 0 Å². The molecule has 0 spiro atoms. The van der Waals surface area contributed by atoms with Gasteiger partial charge in [-0.05, 0) is 20.8 Å². The molecule has 1 unspecified atom stereocenters.